The first kappa shape index (κ1) is 16.5. The first-order chi connectivity index (χ1) is 11.7. The van der Waals surface area contributed by atoms with Gasteiger partial charge in [0.2, 0.25) is 5.88 Å². The Bertz CT molecular complexity index is 725. The lowest BCUT2D eigenvalue weighted by molar-refractivity contribution is 0.0766. The van der Waals surface area contributed by atoms with Gasteiger partial charge in [0.1, 0.15) is 5.82 Å². The predicted octanol–water partition coefficient (Wildman–Crippen LogP) is 2.49. The van der Waals surface area contributed by atoms with Crippen molar-refractivity contribution in [3.05, 3.63) is 47.2 Å². The van der Waals surface area contributed by atoms with Gasteiger partial charge in [0.25, 0.3) is 5.91 Å². The Labute approximate surface area is 146 Å². The molecule has 3 heterocycles. The van der Waals surface area contributed by atoms with Gasteiger partial charge in [-0.3, -0.25) is 4.79 Å². The third kappa shape index (κ3) is 3.59. The molecule has 0 saturated carbocycles. The summed E-state index contributed by atoms with van der Waals surface area (Å²) >= 11 is 6.23. The van der Waals surface area contributed by atoms with E-state index in [1.807, 2.05) is 17.0 Å². The molecule has 1 fully saturated rings. The number of nitrogens with zero attached hydrogens (tertiary/aromatic N) is 4. The molecule has 2 aromatic rings. The highest BCUT2D eigenvalue weighted by Gasteiger charge is 2.22. The molecule has 24 heavy (non-hydrogen) atoms. The van der Waals surface area contributed by atoms with Crippen LogP contribution in [-0.4, -0.2) is 54.1 Å². The number of pyridine rings is 2. The van der Waals surface area contributed by atoms with Gasteiger partial charge in [-0.25, -0.2) is 9.97 Å². The molecular formula is C17H19ClN4O2. The smallest absolute Gasteiger partial charge is 0.254 e. The molecule has 0 aliphatic carbocycles. The van der Waals surface area contributed by atoms with Crippen molar-refractivity contribution in [2.24, 2.45) is 0 Å². The van der Waals surface area contributed by atoms with Crippen molar-refractivity contribution < 1.29 is 9.53 Å². The lowest BCUT2D eigenvalue weighted by Gasteiger charge is -2.23. The molecule has 0 N–H and O–H groups in total. The van der Waals surface area contributed by atoms with Gasteiger partial charge in [0, 0.05) is 50.2 Å². The number of carbonyl (C=O) groups excluding carboxylic acids is 1. The van der Waals surface area contributed by atoms with Crippen LogP contribution in [0.15, 0.2) is 36.7 Å². The van der Waals surface area contributed by atoms with Crippen LogP contribution >= 0.6 is 11.6 Å². The summed E-state index contributed by atoms with van der Waals surface area (Å²) in [5.41, 5.74) is 0.589. The van der Waals surface area contributed by atoms with Crippen molar-refractivity contribution in [2.75, 3.05) is 38.2 Å². The lowest BCUT2D eigenvalue weighted by Crippen LogP contribution is -2.35. The topological polar surface area (TPSA) is 58.6 Å². The van der Waals surface area contributed by atoms with Crippen LogP contribution < -0.4 is 9.64 Å². The SMILES string of the molecule is COc1cc(C(=O)N2CCCN(c3ncccc3Cl)CC2)ccn1. The highest BCUT2D eigenvalue weighted by Crippen LogP contribution is 2.23. The van der Waals surface area contributed by atoms with Crippen LogP contribution in [0.4, 0.5) is 5.82 Å². The summed E-state index contributed by atoms with van der Waals surface area (Å²) in [6, 6.07) is 7.03. The molecule has 0 radical (unpaired) electrons. The minimum absolute atomic E-state index is 0.00957. The molecule has 0 spiro atoms. The second kappa shape index (κ2) is 7.49. The minimum Gasteiger partial charge on any atom is -0.481 e. The molecule has 126 valence electrons. The largest absolute Gasteiger partial charge is 0.481 e. The molecule has 0 unspecified atom stereocenters. The number of ether oxygens (including phenoxy) is 1. The van der Waals surface area contributed by atoms with Gasteiger partial charge in [-0.05, 0) is 24.6 Å². The third-order valence-corrected chi connectivity index (χ3v) is 4.31. The second-order valence-corrected chi connectivity index (χ2v) is 5.94. The van der Waals surface area contributed by atoms with Gasteiger partial charge in [-0.15, -0.1) is 0 Å². The number of hydrogen-bond acceptors (Lipinski definition) is 5. The van der Waals surface area contributed by atoms with Crippen LogP contribution in [0.25, 0.3) is 0 Å². The van der Waals surface area contributed by atoms with Crippen LogP contribution in [0.5, 0.6) is 5.88 Å². The van der Waals surface area contributed by atoms with Crippen molar-refractivity contribution in [2.45, 2.75) is 6.42 Å². The quantitative estimate of drug-likeness (QED) is 0.854. The summed E-state index contributed by atoms with van der Waals surface area (Å²) in [7, 11) is 1.54. The monoisotopic (exact) mass is 346 g/mol. The molecule has 1 saturated heterocycles. The Morgan fingerprint density at radius 1 is 1.17 bits per heavy atom. The number of rotatable bonds is 3. The van der Waals surface area contributed by atoms with Crippen LogP contribution in [0.3, 0.4) is 0 Å². The maximum atomic E-state index is 12.7. The highest BCUT2D eigenvalue weighted by molar-refractivity contribution is 6.32. The van der Waals surface area contributed by atoms with Crippen molar-refractivity contribution in [1.82, 2.24) is 14.9 Å². The zero-order chi connectivity index (χ0) is 16.9. The predicted molar refractivity (Wildman–Crippen MR) is 92.8 cm³/mol. The minimum atomic E-state index is -0.00957. The van der Waals surface area contributed by atoms with Gasteiger partial charge in [0.05, 0.1) is 12.1 Å². The highest BCUT2D eigenvalue weighted by atomic mass is 35.5. The molecule has 1 aliphatic heterocycles. The summed E-state index contributed by atoms with van der Waals surface area (Å²) in [4.78, 5) is 25.1. The number of anilines is 1. The average molecular weight is 347 g/mol. The van der Waals surface area contributed by atoms with E-state index >= 15 is 0 Å². The van der Waals surface area contributed by atoms with E-state index < -0.39 is 0 Å². The summed E-state index contributed by atoms with van der Waals surface area (Å²) in [6.07, 6.45) is 4.18. The first-order valence-corrected chi connectivity index (χ1v) is 8.21. The Kier molecular flexibility index (Phi) is 5.15. The van der Waals surface area contributed by atoms with E-state index in [2.05, 4.69) is 14.9 Å². The fourth-order valence-electron chi connectivity index (χ4n) is 2.78. The zero-order valence-electron chi connectivity index (χ0n) is 13.5. The van der Waals surface area contributed by atoms with E-state index in [0.717, 1.165) is 18.8 Å². The van der Waals surface area contributed by atoms with Crippen molar-refractivity contribution in [3.8, 4) is 5.88 Å². The molecule has 0 bridgehead atoms. The summed E-state index contributed by atoms with van der Waals surface area (Å²) in [5.74, 6) is 1.21. The summed E-state index contributed by atoms with van der Waals surface area (Å²) in [6.45, 7) is 2.84. The van der Waals surface area contributed by atoms with E-state index in [0.29, 0.717) is 36.1 Å². The lowest BCUT2D eigenvalue weighted by atomic mass is 10.2. The third-order valence-electron chi connectivity index (χ3n) is 4.01. The number of aromatic nitrogens is 2. The molecule has 1 amide bonds. The maximum Gasteiger partial charge on any atom is 0.254 e. The first-order valence-electron chi connectivity index (χ1n) is 7.84. The second-order valence-electron chi connectivity index (χ2n) is 5.53. The zero-order valence-corrected chi connectivity index (χ0v) is 14.2. The van der Waals surface area contributed by atoms with Crippen LogP contribution in [-0.2, 0) is 0 Å². The standard InChI is InChI=1S/C17H19ClN4O2/c1-24-15-12-13(5-7-19-15)17(23)22-9-3-8-21(10-11-22)16-14(18)4-2-6-20-16/h2,4-7,12H,3,8-11H2,1H3. The average Bonchev–Trinajstić information content (AvgIpc) is 2.87. The van der Waals surface area contributed by atoms with E-state index in [-0.39, 0.29) is 5.91 Å². The molecule has 7 heteroatoms. The maximum absolute atomic E-state index is 12.7. The van der Waals surface area contributed by atoms with Crippen molar-refractivity contribution >= 4 is 23.3 Å². The van der Waals surface area contributed by atoms with Gasteiger partial charge in [-0.2, -0.15) is 0 Å². The number of amides is 1. The van der Waals surface area contributed by atoms with E-state index in [4.69, 9.17) is 16.3 Å². The van der Waals surface area contributed by atoms with Crippen molar-refractivity contribution in [3.63, 3.8) is 0 Å². The molecular weight excluding hydrogens is 328 g/mol. The number of halogens is 1. The molecule has 3 rings (SSSR count). The van der Waals surface area contributed by atoms with E-state index in [1.54, 1.807) is 24.5 Å². The molecule has 0 atom stereocenters. The summed E-state index contributed by atoms with van der Waals surface area (Å²) in [5, 5.41) is 0.635. The van der Waals surface area contributed by atoms with Crippen LogP contribution in [0.1, 0.15) is 16.8 Å². The van der Waals surface area contributed by atoms with Crippen LogP contribution in [0, 0.1) is 0 Å². The molecule has 6 nitrogen and oxygen atoms in total. The fourth-order valence-corrected chi connectivity index (χ4v) is 3.02. The molecule has 2 aromatic heterocycles. The Hall–Kier alpha value is -2.34. The van der Waals surface area contributed by atoms with E-state index in [1.165, 1.54) is 7.11 Å². The number of methoxy groups -OCH3 is 1. The van der Waals surface area contributed by atoms with Gasteiger partial charge in [0.15, 0.2) is 0 Å². The Morgan fingerprint density at radius 2 is 2.04 bits per heavy atom. The van der Waals surface area contributed by atoms with Crippen LogP contribution in [0.2, 0.25) is 5.02 Å². The molecule has 0 aromatic carbocycles. The molecule has 1 aliphatic rings. The summed E-state index contributed by atoms with van der Waals surface area (Å²) < 4.78 is 5.09. The van der Waals surface area contributed by atoms with E-state index in [9.17, 15) is 4.79 Å². The normalized spacial score (nSPS) is 15.1. The van der Waals surface area contributed by atoms with Crippen molar-refractivity contribution in [1.29, 1.82) is 0 Å². The Morgan fingerprint density at radius 3 is 2.83 bits per heavy atom. The van der Waals surface area contributed by atoms with Gasteiger partial charge >= 0.3 is 0 Å². The number of carbonyl (C=O) groups is 1. The fraction of sp³-hybridized carbons (Fsp3) is 0.353. The number of hydrogen-bond donors (Lipinski definition) is 0. The Balaban J connectivity index is 1.71. The van der Waals surface area contributed by atoms with Gasteiger partial charge in [-0.1, -0.05) is 11.6 Å². The van der Waals surface area contributed by atoms with Gasteiger partial charge < -0.3 is 14.5 Å².